The van der Waals surface area contributed by atoms with Gasteiger partial charge in [-0.05, 0) is 10.7 Å². The Bertz CT molecular complexity index is 278. The van der Waals surface area contributed by atoms with E-state index in [1.54, 1.807) is 0 Å². The van der Waals surface area contributed by atoms with E-state index in [9.17, 15) is 9.59 Å². The Labute approximate surface area is 128 Å². The van der Waals surface area contributed by atoms with Crippen LogP contribution >= 0.6 is 24.4 Å². The van der Waals surface area contributed by atoms with E-state index in [2.05, 4.69) is 24.4 Å². The maximum absolute atomic E-state index is 10.9. The lowest BCUT2D eigenvalue weighted by Crippen LogP contribution is -2.15. The van der Waals surface area contributed by atoms with Crippen LogP contribution in [-0.2, 0) is 28.5 Å². The van der Waals surface area contributed by atoms with Gasteiger partial charge in [0.05, 0.1) is 39.3 Å². The Balaban J connectivity index is 3.17. The van der Waals surface area contributed by atoms with Crippen LogP contribution in [0.5, 0.6) is 0 Å². The van der Waals surface area contributed by atoms with Gasteiger partial charge in [0.25, 0.3) is 0 Å². The van der Waals surface area contributed by atoms with E-state index in [4.69, 9.17) is 18.9 Å². The number of hydrogen-bond acceptors (Lipinski definition) is 8. The molecule has 0 spiro atoms. The molecule has 0 atom stereocenters. The summed E-state index contributed by atoms with van der Waals surface area (Å²) in [6.45, 7) is 1.73. The summed E-state index contributed by atoms with van der Waals surface area (Å²) >= 11 is 9.04. The van der Waals surface area contributed by atoms with Crippen LogP contribution in [0.15, 0.2) is 0 Å². The molecule has 114 valence electrons. The predicted molar refractivity (Wildman–Crippen MR) is 80.1 cm³/mol. The molecule has 0 heterocycles. The number of carbonyl (C=O) groups excluding carboxylic acids is 2. The van der Waals surface area contributed by atoms with Gasteiger partial charge in [-0.2, -0.15) is 0 Å². The van der Waals surface area contributed by atoms with Gasteiger partial charge in [0.15, 0.2) is 0 Å². The molecule has 0 aliphatic carbocycles. The first kappa shape index (κ1) is 19.0. The Morgan fingerprint density at radius 1 is 0.700 bits per heavy atom. The zero-order valence-corrected chi connectivity index (χ0v) is 12.7. The number of thiocarbonyl (C=S) groups is 2. The van der Waals surface area contributed by atoms with E-state index in [-0.39, 0.29) is 38.0 Å². The van der Waals surface area contributed by atoms with Gasteiger partial charge in [0, 0.05) is 0 Å². The van der Waals surface area contributed by atoms with Crippen molar-refractivity contribution in [2.24, 2.45) is 0 Å². The molecular weight excluding hydrogens is 304 g/mol. The highest BCUT2D eigenvalue weighted by molar-refractivity contribution is 7.79. The summed E-state index contributed by atoms with van der Waals surface area (Å²) < 4.78 is 19.9. The van der Waals surface area contributed by atoms with Crippen molar-refractivity contribution in [1.29, 1.82) is 0 Å². The van der Waals surface area contributed by atoms with Crippen molar-refractivity contribution < 1.29 is 28.5 Å². The number of esters is 2. The van der Waals surface area contributed by atoms with Crippen LogP contribution in [0.2, 0.25) is 0 Å². The van der Waals surface area contributed by atoms with Crippen molar-refractivity contribution in [2.45, 2.75) is 12.8 Å². The molecule has 0 saturated heterocycles. The maximum Gasteiger partial charge on any atom is 0.310 e. The largest absolute Gasteiger partial charge is 0.463 e. The standard InChI is InChI=1S/C12H18O6S2/c13-11(1-9-19)17-7-5-15-3-4-16-6-8-18-12(14)2-10-20/h9-10H,1-8H2. The molecule has 0 aliphatic heterocycles. The highest BCUT2D eigenvalue weighted by atomic mass is 32.1. The average Bonchev–Trinajstić information content (AvgIpc) is 2.41. The fourth-order valence-corrected chi connectivity index (χ4v) is 1.28. The van der Waals surface area contributed by atoms with E-state index in [0.29, 0.717) is 26.4 Å². The minimum Gasteiger partial charge on any atom is -0.463 e. The first-order chi connectivity index (χ1) is 9.70. The summed E-state index contributed by atoms with van der Waals surface area (Å²) in [5.74, 6) is -0.726. The van der Waals surface area contributed by atoms with Crippen LogP contribution in [0.3, 0.4) is 0 Å². The zero-order chi connectivity index (χ0) is 15.1. The Kier molecular flexibility index (Phi) is 13.8. The second-order valence-electron chi connectivity index (χ2n) is 3.41. The summed E-state index contributed by atoms with van der Waals surface area (Å²) in [6, 6.07) is 0. The topological polar surface area (TPSA) is 71.1 Å². The third-order valence-electron chi connectivity index (χ3n) is 1.85. The van der Waals surface area contributed by atoms with Crippen molar-refractivity contribution >= 4 is 47.1 Å². The molecule has 0 N–H and O–H groups in total. The molecule has 8 heteroatoms. The molecule has 0 aliphatic rings. The van der Waals surface area contributed by atoms with Crippen LogP contribution in [-0.4, -0.2) is 62.3 Å². The van der Waals surface area contributed by atoms with Gasteiger partial charge < -0.3 is 18.9 Å². The summed E-state index contributed by atoms with van der Waals surface area (Å²) in [4.78, 5) is 21.8. The van der Waals surface area contributed by atoms with Crippen LogP contribution in [0.4, 0.5) is 0 Å². The first-order valence-electron chi connectivity index (χ1n) is 6.04. The van der Waals surface area contributed by atoms with E-state index in [1.165, 1.54) is 10.7 Å². The van der Waals surface area contributed by atoms with Crippen molar-refractivity contribution in [2.75, 3.05) is 39.6 Å². The molecule has 0 aromatic carbocycles. The van der Waals surface area contributed by atoms with Gasteiger partial charge in [-0.25, -0.2) is 0 Å². The fraction of sp³-hybridized carbons (Fsp3) is 0.667. The average molecular weight is 322 g/mol. The number of ether oxygens (including phenoxy) is 4. The molecular formula is C12H18O6S2. The van der Waals surface area contributed by atoms with Gasteiger partial charge in [-0.1, -0.05) is 24.4 Å². The molecule has 0 rings (SSSR count). The molecule has 6 nitrogen and oxygen atoms in total. The molecule has 0 saturated carbocycles. The molecule has 0 fully saturated rings. The second kappa shape index (κ2) is 14.4. The third kappa shape index (κ3) is 13.5. The first-order valence-corrected chi connectivity index (χ1v) is 6.99. The van der Waals surface area contributed by atoms with Crippen molar-refractivity contribution in [3.8, 4) is 0 Å². The molecule has 0 aromatic rings. The molecule has 0 aromatic heterocycles. The highest BCUT2D eigenvalue weighted by Gasteiger charge is 2.00. The highest BCUT2D eigenvalue weighted by Crippen LogP contribution is 1.87. The van der Waals surface area contributed by atoms with E-state index in [0.717, 1.165) is 0 Å². The normalized spacial score (nSPS) is 9.80. The summed E-state index contributed by atoms with van der Waals surface area (Å²) in [6.07, 6.45) is 0.251. The summed E-state index contributed by atoms with van der Waals surface area (Å²) in [5, 5.41) is 2.63. The minimum atomic E-state index is -0.363. The number of carbonyl (C=O) groups is 2. The summed E-state index contributed by atoms with van der Waals surface area (Å²) in [5.41, 5.74) is 0. The van der Waals surface area contributed by atoms with Crippen LogP contribution in [0.1, 0.15) is 12.8 Å². The van der Waals surface area contributed by atoms with Crippen LogP contribution < -0.4 is 0 Å². The van der Waals surface area contributed by atoms with E-state index < -0.39 is 0 Å². The lowest BCUT2D eigenvalue weighted by molar-refractivity contribution is -0.145. The molecule has 0 unspecified atom stereocenters. The van der Waals surface area contributed by atoms with Gasteiger partial charge in [0.2, 0.25) is 0 Å². The molecule has 0 amide bonds. The molecule has 20 heavy (non-hydrogen) atoms. The van der Waals surface area contributed by atoms with Gasteiger partial charge in [-0.15, -0.1) is 0 Å². The van der Waals surface area contributed by atoms with Crippen molar-refractivity contribution in [3.63, 3.8) is 0 Å². The number of hydrogen-bond donors (Lipinski definition) is 0. The Morgan fingerprint density at radius 2 is 1.05 bits per heavy atom. The monoisotopic (exact) mass is 322 g/mol. The van der Waals surface area contributed by atoms with Crippen molar-refractivity contribution in [3.05, 3.63) is 0 Å². The lowest BCUT2D eigenvalue weighted by Gasteiger charge is -2.06. The van der Waals surface area contributed by atoms with E-state index in [1.807, 2.05) is 0 Å². The van der Waals surface area contributed by atoms with Crippen LogP contribution in [0, 0.1) is 0 Å². The third-order valence-corrected chi connectivity index (χ3v) is 2.19. The Morgan fingerprint density at radius 3 is 1.40 bits per heavy atom. The minimum absolute atomic E-state index is 0.125. The summed E-state index contributed by atoms with van der Waals surface area (Å²) in [7, 11) is 0. The zero-order valence-electron chi connectivity index (χ0n) is 11.1. The van der Waals surface area contributed by atoms with Gasteiger partial charge in [-0.3, -0.25) is 9.59 Å². The van der Waals surface area contributed by atoms with Crippen molar-refractivity contribution in [1.82, 2.24) is 0 Å². The molecule has 0 radical (unpaired) electrons. The van der Waals surface area contributed by atoms with Crippen LogP contribution in [0.25, 0.3) is 0 Å². The predicted octanol–water partition coefficient (Wildman–Crippen LogP) is 0.886. The quantitative estimate of drug-likeness (QED) is 0.281. The Hall–Kier alpha value is -0.960. The van der Waals surface area contributed by atoms with Gasteiger partial charge in [0.1, 0.15) is 13.2 Å². The second-order valence-corrected chi connectivity index (χ2v) is 4.07. The maximum atomic E-state index is 10.9. The van der Waals surface area contributed by atoms with Gasteiger partial charge >= 0.3 is 11.9 Å². The molecule has 0 bridgehead atoms. The SMILES string of the molecule is O=C(CC=S)OCCOCCOCCOC(=O)CC=S. The fourth-order valence-electron chi connectivity index (χ4n) is 1.00. The number of rotatable bonds is 13. The lowest BCUT2D eigenvalue weighted by atomic mass is 10.5. The smallest absolute Gasteiger partial charge is 0.310 e. The van der Waals surface area contributed by atoms with E-state index >= 15 is 0 Å².